The second-order valence-electron chi connectivity index (χ2n) is 4.92. The molecule has 1 fully saturated rings. The van der Waals surface area contributed by atoms with Gasteiger partial charge in [0.1, 0.15) is 11.7 Å². The van der Waals surface area contributed by atoms with Gasteiger partial charge in [-0.15, -0.1) is 0 Å². The lowest BCUT2D eigenvalue weighted by molar-refractivity contribution is -0.141. The van der Waals surface area contributed by atoms with Crippen LogP contribution in [0.3, 0.4) is 0 Å². The van der Waals surface area contributed by atoms with Gasteiger partial charge in [0, 0.05) is 6.20 Å². The number of nitrogens with one attached hydrogen (secondary N) is 2. The molecule has 5 nitrogen and oxygen atoms in total. The predicted octanol–water partition coefficient (Wildman–Crippen LogP) is 2.43. The van der Waals surface area contributed by atoms with E-state index in [9.17, 15) is 14.7 Å². The molecule has 1 unspecified atom stereocenters. The largest absolute Gasteiger partial charge is 0.480 e. The Morgan fingerprint density at radius 1 is 1.37 bits per heavy atom. The molecule has 1 saturated carbocycles. The van der Waals surface area contributed by atoms with Crippen molar-refractivity contribution < 1.29 is 14.7 Å². The number of halogens is 1. The number of aromatic nitrogens is 1. The van der Waals surface area contributed by atoms with Crippen LogP contribution in [0.2, 0.25) is 5.02 Å². The maximum absolute atomic E-state index is 12.0. The molecule has 1 amide bonds. The van der Waals surface area contributed by atoms with Crippen LogP contribution in [-0.4, -0.2) is 28.0 Å². The molecule has 1 aromatic heterocycles. The van der Waals surface area contributed by atoms with Gasteiger partial charge in [0.2, 0.25) is 0 Å². The summed E-state index contributed by atoms with van der Waals surface area (Å²) in [7, 11) is 0. The highest BCUT2D eigenvalue weighted by Crippen LogP contribution is 2.26. The molecule has 0 aromatic carbocycles. The molecule has 6 heteroatoms. The number of amides is 1. The van der Waals surface area contributed by atoms with Gasteiger partial charge in [-0.2, -0.15) is 0 Å². The van der Waals surface area contributed by atoms with Crippen LogP contribution in [0.15, 0.2) is 12.3 Å². The third kappa shape index (κ3) is 3.50. The number of rotatable bonds is 4. The van der Waals surface area contributed by atoms with E-state index in [-0.39, 0.29) is 11.6 Å². The second kappa shape index (κ2) is 6.10. The monoisotopic (exact) mass is 284 g/mol. The molecule has 2 rings (SSSR count). The van der Waals surface area contributed by atoms with E-state index in [1.54, 1.807) is 0 Å². The molecule has 0 spiro atoms. The van der Waals surface area contributed by atoms with Crippen LogP contribution >= 0.6 is 11.6 Å². The SMILES string of the molecule is O=C(NC(C(=O)O)C1CCCCC1)c1cc(Cl)c[nH]1. The smallest absolute Gasteiger partial charge is 0.326 e. The van der Waals surface area contributed by atoms with E-state index in [0.717, 1.165) is 32.1 Å². The summed E-state index contributed by atoms with van der Waals surface area (Å²) in [5.74, 6) is -1.39. The number of carbonyl (C=O) groups is 2. The average Bonchev–Trinajstić information content (AvgIpc) is 2.83. The number of aromatic amines is 1. The molecule has 1 heterocycles. The summed E-state index contributed by atoms with van der Waals surface area (Å²) in [6.07, 6.45) is 6.39. The number of hydrogen-bond acceptors (Lipinski definition) is 2. The van der Waals surface area contributed by atoms with E-state index in [1.807, 2.05) is 0 Å². The van der Waals surface area contributed by atoms with E-state index in [4.69, 9.17) is 11.6 Å². The Labute approximate surface area is 116 Å². The lowest BCUT2D eigenvalue weighted by Gasteiger charge is -2.27. The summed E-state index contributed by atoms with van der Waals surface area (Å²) < 4.78 is 0. The first-order valence-corrected chi connectivity index (χ1v) is 6.83. The minimum atomic E-state index is -0.974. The maximum atomic E-state index is 12.0. The number of hydrogen-bond donors (Lipinski definition) is 3. The zero-order valence-corrected chi connectivity index (χ0v) is 11.2. The summed E-state index contributed by atoms with van der Waals surface area (Å²) in [4.78, 5) is 26.0. The standard InChI is InChI=1S/C13H17ClN2O3/c14-9-6-10(15-7-9)12(17)16-11(13(18)19)8-4-2-1-3-5-8/h6-8,11,15H,1-5H2,(H,16,17)(H,18,19). The van der Waals surface area contributed by atoms with Crippen molar-refractivity contribution in [1.82, 2.24) is 10.3 Å². The number of carboxylic acid groups (broad SMARTS) is 1. The van der Waals surface area contributed by atoms with Crippen molar-refractivity contribution in [2.24, 2.45) is 5.92 Å². The van der Waals surface area contributed by atoms with Crippen molar-refractivity contribution in [3.05, 3.63) is 23.0 Å². The quantitative estimate of drug-likeness (QED) is 0.794. The van der Waals surface area contributed by atoms with Crippen LogP contribution in [0.5, 0.6) is 0 Å². The first kappa shape index (κ1) is 13.9. The van der Waals surface area contributed by atoms with Gasteiger partial charge in [-0.3, -0.25) is 4.79 Å². The number of carboxylic acids is 1. The summed E-state index contributed by atoms with van der Waals surface area (Å²) in [6.45, 7) is 0. The second-order valence-corrected chi connectivity index (χ2v) is 5.36. The Bertz CT molecular complexity index is 466. The van der Waals surface area contributed by atoms with Gasteiger partial charge in [-0.05, 0) is 24.8 Å². The number of H-pyrrole nitrogens is 1. The average molecular weight is 285 g/mol. The number of aliphatic carboxylic acids is 1. The van der Waals surface area contributed by atoms with Crippen LogP contribution in [-0.2, 0) is 4.79 Å². The predicted molar refractivity (Wildman–Crippen MR) is 71.3 cm³/mol. The normalized spacial score (nSPS) is 17.9. The van der Waals surface area contributed by atoms with Crippen LogP contribution in [0, 0.1) is 5.92 Å². The Hall–Kier alpha value is -1.49. The highest BCUT2D eigenvalue weighted by molar-refractivity contribution is 6.30. The van der Waals surface area contributed by atoms with E-state index in [2.05, 4.69) is 10.3 Å². The molecule has 0 bridgehead atoms. The molecule has 1 aliphatic rings. The van der Waals surface area contributed by atoms with Crippen LogP contribution in [0.4, 0.5) is 0 Å². The van der Waals surface area contributed by atoms with E-state index < -0.39 is 17.9 Å². The van der Waals surface area contributed by atoms with Gasteiger partial charge in [0.25, 0.3) is 5.91 Å². The molecule has 0 radical (unpaired) electrons. The zero-order valence-electron chi connectivity index (χ0n) is 10.5. The number of carbonyl (C=O) groups excluding carboxylic acids is 1. The fourth-order valence-corrected chi connectivity index (χ4v) is 2.73. The Morgan fingerprint density at radius 2 is 2.05 bits per heavy atom. The van der Waals surface area contributed by atoms with Crippen LogP contribution < -0.4 is 5.32 Å². The summed E-state index contributed by atoms with van der Waals surface area (Å²) in [5.41, 5.74) is 0.284. The molecule has 0 saturated heterocycles. The molecule has 1 aromatic rings. The van der Waals surface area contributed by atoms with Crippen molar-refractivity contribution in [3.8, 4) is 0 Å². The topological polar surface area (TPSA) is 82.2 Å². The molecule has 1 aliphatic carbocycles. The van der Waals surface area contributed by atoms with Crippen molar-refractivity contribution in [2.75, 3.05) is 0 Å². The maximum Gasteiger partial charge on any atom is 0.326 e. The van der Waals surface area contributed by atoms with Crippen molar-refractivity contribution in [1.29, 1.82) is 0 Å². The van der Waals surface area contributed by atoms with Crippen LogP contribution in [0.1, 0.15) is 42.6 Å². The minimum Gasteiger partial charge on any atom is -0.480 e. The molecule has 104 valence electrons. The van der Waals surface area contributed by atoms with Gasteiger partial charge >= 0.3 is 5.97 Å². The summed E-state index contributed by atoms with van der Waals surface area (Å²) in [5, 5.41) is 12.3. The highest BCUT2D eigenvalue weighted by atomic mass is 35.5. The summed E-state index contributed by atoms with van der Waals surface area (Å²) in [6, 6.07) is 0.659. The van der Waals surface area contributed by atoms with Crippen molar-refractivity contribution in [3.63, 3.8) is 0 Å². The lowest BCUT2D eigenvalue weighted by Crippen LogP contribution is -2.46. The molecular formula is C13H17ClN2O3. The van der Waals surface area contributed by atoms with Gasteiger partial charge in [-0.25, -0.2) is 4.79 Å². The Balaban J connectivity index is 2.04. The third-order valence-electron chi connectivity index (χ3n) is 3.57. The lowest BCUT2D eigenvalue weighted by atomic mass is 9.84. The van der Waals surface area contributed by atoms with E-state index >= 15 is 0 Å². The molecule has 0 aliphatic heterocycles. The molecule has 3 N–H and O–H groups in total. The Morgan fingerprint density at radius 3 is 2.58 bits per heavy atom. The highest BCUT2D eigenvalue weighted by Gasteiger charge is 2.31. The van der Waals surface area contributed by atoms with Gasteiger partial charge in [0.15, 0.2) is 0 Å². The molecular weight excluding hydrogens is 268 g/mol. The van der Waals surface area contributed by atoms with Gasteiger partial charge < -0.3 is 15.4 Å². The van der Waals surface area contributed by atoms with E-state index in [0.29, 0.717) is 5.02 Å². The fourth-order valence-electron chi connectivity index (χ4n) is 2.57. The Kier molecular flexibility index (Phi) is 4.47. The van der Waals surface area contributed by atoms with Crippen molar-refractivity contribution in [2.45, 2.75) is 38.1 Å². The minimum absolute atomic E-state index is 0.0145. The van der Waals surface area contributed by atoms with E-state index in [1.165, 1.54) is 12.3 Å². The third-order valence-corrected chi connectivity index (χ3v) is 3.78. The molecule has 1 atom stereocenters. The van der Waals surface area contributed by atoms with Gasteiger partial charge in [-0.1, -0.05) is 30.9 Å². The van der Waals surface area contributed by atoms with Crippen LogP contribution in [0.25, 0.3) is 0 Å². The molecule has 19 heavy (non-hydrogen) atoms. The first-order valence-electron chi connectivity index (χ1n) is 6.45. The zero-order chi connectivity index (χ0) is 13.8. The fraction of sp³-hybridized carbons (Fsp3) is 0.538. The summed E-state index contributed by atoms with van der Waals surface area (Å²) >= 11 is 5.72. The van der Waals surface area contributed by atoms with Crippen molar-refractivity contribution >= 4 is 23.5 Å². The first-order chi connectivity index (χ1) is 9.08. The van der Waals surface area contributed by atoms with Gasteiger partial charge in [0.05, 0.1) is 5.02 Å².